The van der Waals surface area contributed by atoms with Gasteiger partial charge in [0.1, 0.15) is 13.2 Å². The molecule has 12 nitrogen and oxygen atoms in total. The van der Waals surface area contributed by atoms with Crippen molar-refractivity contribution in [1.82, 2.24) is 9.80 Å². The molecule has 2 amide bonds. The Labute approximate surface area is 196 Å². The number of fused-ring (bicyclic) bond motifs is 2. The van der Waals surface area contributed by atoms with Crippen molar-refractivity contribution in [2.24, 2.45) is 0 Å². The summed E-state index contributed by atoms with van der Waals surface area (Å²) < 4.78 is 32.7. The van der Waals surface area contributed by atoms with Crippen molar-refractivity contribution in [3.05, 3.63) is 0 Å². The van der Waals surface area contributed by atoms with Gasteiger partial charge in [-0.15, -0.1) is 0 Å². The number of hydrogen-bond donors (Lipinski definition) is 0. The van der Waals surface area contributed by atoms with Gasteiger partial charge >= 0.3 is 11.9 Å². The summed E-state index contributed by atoms with van der Waals surface area (Å²) in [5.41, 5.74) is 0. The highest BCUT2D eigenvalue weighted by molar-refractivity contribution is 6.03. The monoisotopic (exact) mass is 480 g/mol. The molecule has 4 fully saturated rings. The van der Waals surface area contributed by atoms with Crippen LogP contribution >= 0.6 is 0 Å². The van der Waals surface area contributed by atoms with Crippen molar-refractivity contribution in [2.45, 2.75) is 63.6 Å². The predicted octanol–water partition coefficient (Wildman–Crippen LogP) is -0.501. The molecule has 4 rings (SSSR count). The standard InChI is InChI=1S/C22H28N2O10/c1-3-29-19(27)15-17(25)23-11-7-9-21(23,33-15)31-13-5-6-14-32-22-10-8-12-24(22)18(26)16(34-22)20(28)30-4-2/h15-16H,3-4,7-14H2,1-2H3. The molecule has 4 aliphatic rings. The van der Waals surface area contributed by atoms with Gasteiger partial charge in [-0.05, 0) is 26.7 Å². The molecule has 4 atom stereocenters. The molecule has 34 heavy (non-hydrogen) atoms. The van der Waals surface area contributed by atoms with Gasteiger partial charge in [-0.1, -0.05) is 11.8 Å². The van der Waals surface area contributed by atoms with Crippen LogP contribution in [0.1, 0.15) is 39.5 Å². The molecular weight excluding hydrogens is 452 g/mol. The number of esters is 2. The number of amides is 2. The van der Waals surface area contributed by atoms with Crippen LogP contribution in [0, 0.1) is 11.8 Å². The summed E-state index contributed by atoms with van der Waals surface area (Å²) in [6, 6.07) is 0. The lowest BCUT2D eigenvalue weighted by atomic mass is 10.3. The first-order chi connectivity index (χ1) is 16.4. The Morgan fingerprint density at radius 3 is 1.65 bits per heavy atom. The molecule has 0 radical (unpaired) electrons. The zero-order valence-corrected chi connectivity index (χ0v) is 19.2. The summed E-state index contributed by atoms with van der Waals surface area (Å²) in [6.07, 6.45) is -0.514. The van der Waals surface area contributed by atoms with Gasteiger partial charge in [0.05, 0.1) is 13.2 Å². The van der Waals surface area contributed by atoms with Gasteiger partial charge in [-0.3, -0.25) is 19.4 Å². The molecular formula is C22H28N2O10. The Balaban J connectivity index is 1.31. The van der Waals surface area contributed by atoms with E-state index >= 15 is 0 Å². The molecule has 4 aliphatic heterocycles. The number of ether oxygens (including phenoxy) is 6. The van der Waals surface area contributed by atoms with Crippen LogP contribution in [-0.2, 0) is 47.6 Å². The van der Waals surface area contributed by atoms with E-state index < -0.39 is 47.8 Å². The molecule has 12 heteroatoms. The van der Waals surface area contributed by atoms with Crippen LogP contribution in [0.25, 0.3) is 0 Å². The zero-order valence-electron chi connectivity index (χ0n) is 19.2. The van der Waals surface area contributed by atoms with Crippen LogP contribution in [0.3, 0.4) is 0 Å². The van der Waals surface area contributed by atoms with E-state index in [-0.39, 0.29) is 26.4 Å². The van der Waals surface area contributed by atoms with E-state index in [0.29, 0.717) is 38.8 Å². The number of rotatable bonds is 8. The molecule has 4 heterocycles. The average Bonchev–Trinajstić information content (AvgIpc) is 3.53. The maximum atomic E-state index is 12.5. The molecule has 4 saturated heterocycles. The maximum Gasteiger partial charge on any atom is 0.345 e. The third-order valence-electron chi connectivity index (χ3n) is 6.02. The highest BCUT2D eigenvalue weighted by Crippen LogP contribution is 2.40. The fourth-order valence-electron chi connectivity index (χ4n) is 4.59. The molecule has 0 spiro atoms. The highest BCUT2D eigenvalue weighted by Gasteiger charge is 2.60. The topological polar surface area (TPSA) is 130 Å². The van der Waals surface area contributed by atoms with Gasteiger partial charge in [0.25, 0.3) is 23.6 Å². The summed E-state index contributed by atoms with van der Waals surface area (Å²) in [5, 5.41) is 0. The molecule has 0 aromatic heterocycles. The largest absolute Gasteiger partial charge is 0.464 e. The highest BCUT2D eigenvalue weighted by atomic mass is 16.8. The van der Waals surface area contributed by atoms with Crippen LogP contribution in [0.15, 0.2) is 0 Å². The number of carbonyl (C=O) groups is 4. The van der Waals surface area contributed by atoms with Crippen molar-refractivity contribution in [2.75, 3.05) is 39.5 Å². The van der Waals surface area contributed by atoms with Crippen molar-refractivity contribution in [1.29, 1.82) is 0 Å². The van der Waals surface area contributed by atoms with Crippen molar-refractivity contribution < 1.29 is 47.6 Å². The summed E-state index contributed by atoms with van der Waals surface area (Å²) in [6.45, 7) is 4.25. The molecule has 0 aromatic rings. The quantitative estimate of drug-likeness (QED) is 0.255. The van der Waals surface area contributed by atoms with E-state index in [2.05, 4.69) is 11.8 Å². The molecule has 0 aromatic carbocycles. The Morgan fingerprint density at radius 1 is 0.853 bits per heavy atom. The van der Waals surface area contributed by atoms with Crippen LogP contribution in [0.2, 0.25) is 0 Å². The van der Waals surface area contributed by atoms with E-state index in [4.69, 9.17) is 28.4 Å². The summed E-state index contributed by atoms with van der Waals surface area (Å²) in [4.78, 5) is 51.9. The summed E-state index contributed by atoms with van der Waals surface area (Å²) >= 11 is 0. The van der Waals surface area contributed by atoms with Crippen molar-refractivity contribution in [3.63, 3.8) is 0 Å². The van der Waals surface area contributed by atoms with Gasteiger partial charge in [-0.2, -0.15) is 0 Å². The Kier molecular flexibility index (Phi) is 7.09. The second kappa shape index (κ2) is 9.87. The van der Waals surface area contributed by atoms with Crippen LogP contribution in [0.4, 0.5) is 0 Å². The maximum absolute atomic E-state index is 12.5. The van der Waals surface area contributed by atoms with Gasteiger partial charge in [0.2, 0.25) is 12.2 Å². The minimum absolute atomic E-state index is 0.0787. The smallest absolute Gasteiger partial charge is 0.345 e. The Hall–Kier alpha value is -2.72. The van der Waals surface area contributed by atoms with Crippen molar-refractivity contribution >= 4 is 23.8 Å². The minimum Gasteiger partial charge on any atom is -0.464 e. The summed E-state index contributed by atoms with van der Waals surface area (Å²) in [5.74, 6) is 0.469. The third kappa shape index (κ3) is 4.24. The zero-order chi connectivity index (χ0) is 24.3. The molecule has 0 aliphatic carbocycles. The first-order valence-corrected chi connectivity index (χ1v) is 11.4. The second-order valence-corrected chi connectivity index (χ2v) is 8.04. The molecule has 0 saturated carbocycles. The number of nitrogens with zero attached hydrogens (tertiary/aromatic N) is 2. The lowest BCUT2D eigenvalue weighted by Gasteiger charge is -2.29. The fourth-order valence-corrected chi connectivity index (χ4v) is 4.59. The van der Waals surface area contributed by atoms with Gasteiger partial charge in [0, 0.05) is 25.9 Å². The first kappa shape index (κ1) is 24.4. The van der Waals surface area contributed by atoms with Crippen LogP contribution in [0.5, 0.6) is 0 Å². The molecule has 0 N–H and O–H groups in total. The Bertz CT molecular complexity index is 843. The predicted molar refractivity (Wildman–Crippen MR) is 110 cm³/mol. The summed E-state index contributed by atoms with van der Waals surface area (Å²) in [7, 11) is 0. The minimum atomic E-state index is -1.34. The number of hydrogen-bond acceptors (Lipinski definition) is 10. The lowest BCUT2D eigenvalue weighted by Crippen LogP contribution is -2.44. The fraction of sp³-hybridized carbons (Fsp3) is 0.727. The van der Waals surface area contributed by atoms with Crippen molar-refractivity contribution in [3.8, 4) is 11.8 Å². The van der Waals surface area contributed by atoms with Gasteiger partial charge in [-0.25, -0.2) is 9.59 Å². The Morgan fingerprint density at radius 2 is 1.26 bits per heavy atom. The van der Waals surface area contributed by atoms with Gasteiger partial charge in [0.15, 0.2) is 0 Å². The van der Waals surface area contributed by atoms with Crippen LogP contribution < -0.4 is 0 Å². The van der Waals surface area contributed by atoms with E-state index in [1.807, 2.05) is 0 Å². The SMILES string of the molecule is CCOC(=O)C1OC2(OCC#CCOC34CCCN3C(=O)C(C(=O)OCC)O4)CCCN2C1=O. The first-order valence-electron chi connectivity index (χ1n) is 11.4. The van der Waals surface area contributed by atoms with E-state index in [1.54, 1.807) is 13.8 Å². The molecule has 0 bridgehead atoms. The third-order valence-corrected chi connectivity index (χ3v) is 6.02. The number of carbonyl (C=O) groups excluding carboxylic acids is 4. The second-order valence-electron chi connectivity index (χ2n) is 8.04. The van der Waals surface area contributed by atoms with E-state index in [1.165, 1.54) is 9.80 Å². The van der Waals surface area contributed by atoms with Crippen LogP contribution in [-0.4, -0.2) is 97.1 Å². The average molecular weight is 480 g/mol. The van der Waals surface area contributed by atoms with E-state index in [0.717, 1.165) is 0 Å². The molecule has 4 unspecified atom stereocenters. The molecule has 186 valence electrons. The normalized spacial score (nSPS) is 31.8. The van der Waals surface area contributed by atoms with E-state index in [9.17, 15) is 19.2 Å². The van der Waals surface area contributed by atoms with Gasteiger partial charge < -0.3 is 28.4 Å². The lowest BCUT2D eigenvalue weighted by molar-refractivity contribution is -0.266.